The molecule has 0 aromatic heterocycles. The molecule has 0 amide bonds. The van der Waals surface area contributed by atoms with Gasteiger partial charge in [-0.1, -0.05) is 6.92 Å². The SMILES string of the molecule is CCOP(=O)(OOC)OOC(C)CC. The van der Waals surface area contributed by atoms with Gasteiger partial charge in [-0.05, 0) is 20.3 Å². The van der Waals surface area contributed by atoms with Crippen LogP contribution in [0.15, 0.2) is 0 Å². The zero-order chi connectivity index (χ0) is 11.0. The van der Waals surface area contributed by atoms with Crippen LogP contribution in [0.1, 0.15) is 27.2 Å². The first-order valence-corrected chi connectivity index (χ1v) is 5.86. The molecule has 0 aromatic rings. The molecule has 0 radical (unpaired) electrons. The van der Waals surface area contributed by atoms with Crippen LogP contribution in [0.5, 0.6) is 0 Å². The van der Waals surface area contributed by atoms with E-state index in [9.17, 15) is 4.57 Å². The molecule has 14 heavy (non-hydrogen) atoms. The van der Waals surface area contributed by atoms with Crippen LogP contribution in [-0.4, -0.2) is 19.8 Å². The molecule has 7 heteroatoms. The maximum absolute atomic E-state index is 11.5. The summed E-state index contributed by atoms with van der Waals surface area (Å²) in [4.78, 5) is 9.00. The Labute approximate surface area is 83.9 Å². The third-order valence-electron chi connectivity index (χ3n) is 1.33. The minimum atomic E-state index is -3.73. The van der Waals surface area contributed by atoms with Crippen LogP contribution in [-0.2, 0) is 28.2 Å². The zero-order valence-electron chi connectivity index (χ0n) is 8.89. The summed E-state index contributed by atoms with van der Waals surface area (Å²) in [5.74, 6) is 0. The van der Waals surface area contributed by atoms with Crippen molar-refractivity contribution in [2.45, 2.75) is 33.3 Å². The van der Waals surface area contributed by atoms with Gasteiger partial charge in [0, 0.05) is 0 Å². The van der Waals surface area contributed by atoms with Crippen molar-refractivity contribution in [1.29, 1.82) is 0 Å². The maximum Gasteiger partial charge on any atom is 0.529 e. The third-order valence-corrected chi connectivity index (χ3v) is 2.50. The van der Waals surface area contributed by atoms with Crippen molar-refractivity contribution >= 4 is 7.82 Å². The molecule has 0 aliphatic heterocycles. The highest BCUT2D eigenvalue weighted by Gasteiger charge is 2.29. The monoisotopic (exact) mass is 228 g/mol. The lowest BCUT2D eigenvalue weighted by Gasteiger charge is -2.15. The average molecular weight is 228 g/mol. The lowest BCUT2D eigenvalue weighted by atomic mass is 10.3. The van der Waals surface area contributed by atoms with Crippen molar-refractivity contribution in [2.24, 2.45) is 0 Å². The summed E-state index contributed by atoms with van der Waals surface area (Å²) in [7, 11) is -2.52. The summed E-state index contributed by atoms with van der Waals surface area (Å²) in [5, 5.41) is 0. The first-order valence-electron chi connectivity index (χ1n) is 4.40. The Kier molecular flexibility index (Phi) is 7.35. The van der Waals surface area contributed by atoms with Crippen LogP contribution >= 0.6 is 7.82 Å². The summed E-state index contributed by atoms with van der Waals surface area (Å²) in [6.07, 6.45) is 0.531. The number of rotatable bonds is 8. The van der Waals surface area contributed by atoms with Gasteiger partial charge in [0.1, 0.15) is 0 Å². The zero-order valence-corrected chi connectivity index (χ0v) is 9.78. The Morgan fingerprint density at radius 3 is 2.36 bits per heavy atom. The minimum Gasteiger partial charge on any atom is -0.284 e. The Morgan fingerprint density at radius 2 is 1.93 bits per heavy atom. The fourth-order valence-electron chi connectivity index (χ4n) is 0.499. The molecule has 0 rings (SSSR count). The van der Waals surface area contributed by atoms with Gasteiger partial charge in [-0.3, -0.25) is 4.52 Å². The first-order chi connectivity index (χ1) is 6.58. The van der Waals surface area contributed by atoms with Crippen molar-refractivity contribution in [2.75, 3.05) is 13.7 Å². The molecule has 2 unspecified atom stereocenters. The average Bonchev–Trinajstić information content (AvgIpc) is 2.15. The molecule has 0 bridgehead atoms. The van der Waals surface area contributed by atoms with E-state index in [1.165, 1.54) is 7.11 Å². The highest BCUT2D eigenvalue weighted by atomic mass is 31.2. The van der Waals surface area contributed by atoms with Crippen molar-refractivity contribution in [1.82, 2.24) is 0 Å². The van der Waals surface area contributed by atoms with E-state index in [1.807, 2.05) is 6.92 Å². The Bertz CT molecular complexity index is 175. The lowest BCUT2D eigenvalue weighted by Crippen LogP contribution is -2.08. The molecule has 0 aliphatic carbocycles. The fourth-order valence-corrected chi connectivity index (χ4v) is 1.36. The van der Waals surface area contributed by atoms with Gasteiger partial charge in [0.15, 0.2) is 0 Å². The van der Waals surface area contributed by atoms with Crippen LogP contribution in [0.2, 0.25) is 0 Å². The molecule has 6 nitrogen and oxygen atoms in total. The van der Waals surface area contributed by atoms with Crippen LogP contribution in [0.3, 0.4) is 0 Å². The van der Waals surface area contributed by atoms with Gasteiger partial charge in [-0.2, -0.15) is 0 Å². The maximum atomic E-state index is 11.5. The van der Waals surface area contributed by atoms with E-state index < -0.39 is 7.82 Å². The number of hydrogen-bond acceptors (Lipinski definition) is 6. The highest BCUT2D eigenvalue weighted by Crippen LogP contribution is 2.49. The van der Waals surface area contributed by atoms with E-state index >= 15 is 0 Å². The Morgan fingerprint density at radius 1 is 1.29 bits per heavy atom. The van der Waals surface area contributed by atoms with Gasteiger partial charge in [0.25, 0.3) is 0 Å². The van der Waals surface area contributed by atoms with E-state index in [-0.39, 0.29) is 12.7 Å². The standard InChI is InChI=1S/C7H17O6P/c1-5-7(3)11-13-14(8,10-6-2)12-9-4/h7H,5-6H2,1-4H3. The quantitative estimate of drug-likeness (QED) is 0.361. The second-order valence-electron chi connectivity index (χ2n) is 2.50. The summed E-state index contributed by atoms with van der Waals surface area (Å²) >= 11 is 0. The van der Waals surface area contributed by atoms with Crippen LogP contribution in [0, 0.1) is 0 Å². The van der Waals surface area contributed by atoms with Crippen molar-refractivity contribution in [3.8, 4) is 0 Å². The topological polar surface area (TPSA) is 63.2 Å². The van der Waals surface area contributed by atoms with Crippen molar-refractivity contribution in [3.63, 3.8) is 0 Å². The smallest absolute Gasteiger partial charge is 0.284 e. The molecule has 2 atom stereocenters. The van der Waals surface area contributed by atoms with Crippen LogP contribution < -0.4 is 0 Å². The summed E-state index contributed by atoms with van der Waals surface area (Å²) in [5.41, 5.74) is 0. The van der Waals surface area contributed by atoms with Gasteiger partial charge in [0.05, 0.1) is 19.8 Å². The molecule has 0 aromatic carbocycles. The highest BCUT2D eigenvalue weighted by molar-refractivity contribution is 7.48. The molecule has 0 saturated heterocycles. The van der Waals surface area contributed by atoms with Gasteiger partial charge >= 0.3 is 7.82 Å². The van der Waals surface area contributed by atoms with Gasteiger partial charge in [-0.25, -0.2) is 14.3 Å². The number of hydrogen-bond donors (Lipinski definition) is 0. The molecule has 0 saturated carbocycles. The lowest BCUT2D eigenvalue weighted by molar-refractivity contribution is -0.289. The molecular formula is C7H17O6P. The van der Waals surface area contributed by atoms with E-state index in [0.29, 0.717) is 0 Å². The fraction of sp³-hybridized carbons (Fsp3) is 1.00. The second kappa shape index (κ2) is 7.34. The largest absolute Gasteiger partial charge is 0.529 e. The van der Waals surface area contributed by atoms with E-state index in [0.717, 1.165) is 6.42 Å². The molecule has 0 spiro atoms. The summed E-state index contributed by atoms with van der Waals surface area (Å²) < 4.78 is 25.1. The predicted octanol–water partition coefficient (Wildman–Crippen LogP) is 2.46. The van der Waals surface area contributed by atoms with E-state index in [2.05, 4.69) is 14.2 Å². The van der Waals surface area contributed by atoms with Crippen LogP contribution in [0.4, 0.5) is 0 Å². The molecule has 86 valence electrons. The first kappa shape index (κ1) is 14.0. The minimum absolute atomic E-state index is 0.171. The van der Waals surface area contributed by atoms with Crippen molar-refractivity contribution < 1.29 is 28.2 Å². The normalized spacial score (nSPS) is 17.7. The molecule has 0 fully saturated rings. The molecule has 0 aliphatic rings. The third kappa shape index (κ3) is 5.70. The second-order valence-corrected chi connectivity index (χ2v) is 3.95. The summed E-state index contributed by atoms with van der Waals surface area (Å²) in [6, 6.07) is 0. The molecule has 0 N–H and O–H groups in total. The van der Waals surface area contributed by atoms with Gasteiger partial charge in [0.2, 0.25) is 0 Å². The van der Waals surface area contributed by atoms with E-state index in [4.69, 9.17) is 9.41 Å². The summed E-state index contributed by atoms with van der Waals surface area (Å²) in [6.45, 7) is 5.49. The predicted molar refractivity (Wildman–Crippen MR) is 49.2 cm³/mol. The number of phosphoric acid groups is 1. The Balaban J connectivity index is 4.02. The van der Waals surface area contributed by atoms with Gasteiger partial charge < -0.3 is 0 Å². The van der Waals surface area contributed by atoms with Crippen LogP contribution in [0.25, 0.3) is 0 Å². The van der Waals surface area contributed by atoms with Crippen molar-refractivity contribution in [3.05, 3.63) is 0 Å². The Hall–Kier alpha value is 0.0300. The molecular weight excluding hydrogens is 211 g/mol. The molecule has 0 heterocycles. The van der Waals surface area contributed by atoms with Gasteiger partial charge in [-0.15, -0.1) is 9.35 Å². The van der Waals surface area contributed by atoms with E-state index in [1.54, 1.807) is 13.8 Å².